The van der Waals surface area contributed by atoms with Gasteiger partial charge in [0.05, 0.1) is 0 Å². The molecule has 1 aromatic rings. The number of rotatable bonds is 6. The van der Waals surface area contributed by atoms with E-state index in [1.54, 1.807) is 19.1 Å². The fourth-order valence-electron chi connectivity index (χ4n) is 2.13. The van der Waals surface area contributed by atoms with Crippen LogP contribution in [0.1, 0.15) is 51.2 Å². The number of nitrogens with two attached hydrogens (primary N) is 1. The van der Waals surface area contributed by atoms with Crippen LogP contribution in [-0.4, -0.2) is 6.54 Å². The van der Waals surface area contributed by atoms with E-state index in [2.05, 4.69) is 0 Å². The number of hydrogen-bond donors (Lipinski definition) is 1. The molecule has 0 saturated heterocycles. The van der Waals surface area contributed by atoms with Crippen molar-refractivity contribution in [2.24, 2.45) is 5.73 Å². The third-order valence-electron chi connectivity index (χ3n) is 3.40. The predicted molar refractivity (Wildman–Crippen MR) is 71.9 cm³/mol. The number of benzene rings is 1. The number of alkyl halides is 2. The van der Waals surface area contributed by atoms with Gasteiger partial charge in [-0.1, -0.05) is 45.4 Å². The van der Waals surface area contributed by atoms with E-state index in [1.807, 2.05) is 19.9 Å². The first-order chi connectivity index (χ1) is 8.33. The normalized spacial score (nSPS) is 12.8. The quantitative estimate of drug-likeness (QED) is 0.809. The molecule has 1 rings (SSSR count). The Bertz CT molecular complexity index is 353. The average Bonchev–Trinajstić information content (AvgIpc) is 2.29. The first kappa shape index (κ1) is 15.1. The topological polar surface area (TPSA) is 26.0 Å². The van der Waals surface area contributed by atoms with Crippen LogP contribution in [0.15, 0.2) is 24.3 Å². The van der Waals surface area contributed by atoms with Crippen LogP contribution in [0, 0.1) is 0 Å². The largest absolute Gasteiger partial charge is 0.330 e. The summed E-state index contributed by atoms with van der Waals surface area (Å²) in [7, 11) is 0. The lowest BCUT2D eigenvalue weighted by molar-refractivity contribution is -0.0141. The minimum absolute atomic E-state index is 0.103. The van der Waals surface area contributed by atoms with Gasteiger partial charge in [-0.15, -0.1) is 0 Å². The summed E-state index contributed by atoms with van der Waals surface area (Å²) in [6, 6.07) is 6.76. The number of halogens is 2. The standard InChI is InChI=1S/C15H23F2N/c1-4-8-15(16,17)13-7-5-6-12(11-13)14(2,3)9-10-18/h5-7,11H,4,8-10,18H2,1-3H3. The van der Waals surface area contributed by atoms with E-state index in [0.717, 1.165) is 12.0 Å². The van der Waals surface area contributed by atoms with E-state index in [1.165, 1.54) is 6.07 Å². The van der Waals surface area contributed by atoms with Gasteiger partial charge in [0.25, 0.3) is 5.92 Å². The van der Waals surface area contributed by atoms with Gasteiger partial charge in [0.15, 0.2) is 0 Å². The van der Waals surface area contributed by atoms with Crippen molar-refractivity contribution in [2.45, 2.75) is 51.4 Å². The molecule has 0 aliphatic heterocycles. The molecule has 1 aromatic carbocycles. The van der Waals surface area contributed by atoms with Crippen molar-refractivity contribution in [3.63, 3.8) is 0 Å². The Hall–Kier alpha value is -0.960. The van der Waals surface area contributed by atoms with Gasteiger partial charge in [0.2, 0.25) is 0 Å². The molecule has 0 heterocycles. The molecule has 3 heteroatoms. The molecule has 0 bridgehead atoms. The Morgan fingerprint density at radius 1 is 1.11 bits per heavy atom. The smallest absolute Gasteiger partial charge is 0.273 e. The van der Waals surface area contributed by atoms with Crippen LogP contribution >= 0.6 is 0 Å². The van der Waals surface area contributed by atoms with Crippen molar-refractivity contribution in [3.8, 4) is 0 Å². The third kappa shape index (κ3) is 3.52. The van der Waals surface area contributed by atoms with Crippen molar-refractivity contribution in [1.82, 2.24) is 0 Å². The molecule has 0 atom stereocenters. The van der Waals surface area contributed by atoms with Gasteiger partial charge in [0.1, 0.15) is 0 Å². The van der Waals surface area contributed by atoms with Crippen molar-refractivity contribution >= 4 is 0 Å². The molecule has 0 saturated carbocycles. The van der Waals surface area contributed by atoms with Crippen molar-refractivity contribution in [3.05, 3.63) is 35.4 Å². The van der Waals surface area contributed by atoms with E-state index in [0.29, 0.717) is 13.0 Å². The summed E-state index contributed by atoms with van der Waals surface area (Å²) in [4.78, 5) is 0. The highest BCUT2D eigenvalue weighted by Gasteiger charge is 2.31. The summed E-state index contributed by atoms with van der Waals surface area (Å²) in [5.74, 6) is -2.73. The van der Waals surface area contributed by atoms with Gasteiger partial charge in [0, 0.05) is 12.0 Å². The highest BCUT2D eigenvalue weighted by Crippen LogP contribution is 2.35. The van der Waals surface area contributed by atoms with E-state index < -0.39 is 5.92 Å². The second kappa shape index (κ2) is 5.79. The maximum absolute atomic E-state index is 13.9. The average molecular weight is 255 g/mol. The minimum Gasteiger partial charge on any atom is -0.330 e. The zero-order valence-corrected chi connectivity index (χ0v) is 11.5. The number of hydrogen-bond acceptors (Lipinski definition) is 1. The van der Waals surface area contributed by atoms with Crippen molar-refractivity contribution < 1.29 is 8.78 Å². The second-order valence-corrected chi connectivity index (χ2v) is 5.46. The van der Waals surface area contributed by atoms with Gasteiger partial charge in [-0.2, -0.15) is 0 Å². The van der Waals surface area contributed by atoms with Gasteiger partial charge < -0.3 is 5.73 Å². The van der Waals surface area contributed by atoms with Crippen LogP contribution in [0.25, 0.3) is 0 Å². The molecule has 0 aromatic heterocycles. The molecule has 102 valence electrons. The summed E-state index contributed by atoms with van der Waals surface area (Å²) in [6.45, 7) is 6.41. The fourth-order valence-corrected chi connectivity index (χ4v) is 2.13. The third-order valence-corrected chi connectivity index (χ3v) is 3.40. The van der Waals surface area contributed by atoms with Crippen LogP contribution < -0.4 is 5.73 Å². The Morgan fingerprint density at radius 2 is 1.72 bits per heavy atom. The second-order valence-electron chi connectivity index (χ2n) is 5.46. The maximum Gasteiger partial charge on any atom is 0.273 e. The van der Waals surface area contributed by atoms with E-state index in [9.17, 15) is 8.78 Å². The van der Waals surface area contributed by atoms with Crippen LogP contribution in [0.4, 0.5) is 8.78 Å². The molecule has 0 spiro atoms. The Kier molecular flexibility index (Phi) is 4.85. The Balaban J connectivity index is 3.06. The molecular formula is C15H23F2N. The highest BCUT2D eigenvalue weighted by molar-refractivity contribution is 5.31. The van der Waals surface area contributed by atoms with Gasteiger partial charge in [-0.05, 0) is 30.0 Å². The van der Waals surface area contributed by atoms with E-state index in [-0.39, 0.29) is 17.4 Å². The Labute approximate surface area is 108 Å². The summed E-state index contributed by atoms with van der Waals surface area (Å²) >= 11 is 0. The van der Waals surface area contributed by atoms with Crippen molar-refractivity contribution in [2.75, 3.05) is 6.54 Å². The van der Waals surface area contributed by atoms with Crippen LogP contribution in [0.5, 0.6) is 0 Å². The summed E-state index contributed by atoms with van der Waals surface area (Å²) < 4.78 is 27.8. The Morgan fingerprint density at radius 3 is 2.28 bits per heavy atom. The first-order valence-electron chi connectivity index (χ1n) is 6.52. The predicted octanol–water partition coefficient (Wildman–Crippen LogP) is 4.20. The summed E-state index contributed by atoms with van der Waals surface area (Å²) in [5, 5.41) is 0. The molecule has 18 heavy (non-hydrogen) atoms. The summed E-state index contributed by atoms with van der Waals surface area (Å²) in [6.07, 6.45) is 1.16. The maximum atomic E-state index is 13.9. The lowest BCUT2D eigenvalue weighted by atomic mass is 9.80. The lowest BCUT2D eigenvalue weighted by Crippen LogP contribution is -2.23. The molecule has 0 radical (unpaired) electrons. The molecular weight excluding hydrogens is 232 g/mol. The molecule has 2 N–H and O–H groups in total. The minimum atomic E-state index is -2.73. The SMILES string of the molecule is CCCC(F)(F)c1cccc(C(C)(C)CCN)c1. The van der Waals surface area contributed by atoms with E-state index >= 15 is 0 Å². The summed E-state index contributed by atoms with van der Waals surface area (Å²) in [5.41, 5.74) is 6.46. The molecule has 0 fully saturated rings. The van der Waals surface area contributed by atoms with Gasteiger partial charge in [-0.25, -0.2) is 8.78 Å². The first-order valence-corrected chi connectivity index (χ1v) is 6.52. The van der Waals surface area contributed by atoms with Crippen LogP contribution in [0.2, 0.25) is 0 Å². The zero-order valence-electron chi connectivity index (χ0n) is 11.5. The highest BCUT2D eigenvalue weighted by atomic mass is 19.3. The zero-order chi connectivity index (χ0) is 13.8. The molecule has 0 aliphatic carbocycles. The van der Waals surface area contributed by atoms with Gasteiger partial charge >= 0.3 is 0 Å². The fraction of sp³-hybridized carbons (Fsp3) is 0.600. The molecule has 0 aliphatic rings. The monoisotopic (exact) mass is 255 g/mol. The van der Waals surface area contributed by atoms with E-state index in [4.69, 9.17) is 5.73 Å². The van der Waals surface area contributed by atoms with Crippen molar-refractivity contribution in [1.29, 1.82) is 0 Å². The molecule has 1 nitrogen and oxygen atoms in total. The van der Waals surface area contributed by atoms with Crippen LogP contribution in [-0.2, 0) is 11.3 Å². The van der Waals surface area contributed by atoms with Gasteiger partial charge in [-0.3, -0.25) is 0 Å². The molecule has 0 amide bonds. The van der Waals surface area contributed by atoms with Crippen LogP contribution in [0.3, 0.4) is 0 Å². The lowest BCUT2D eigenvalue weighted by Gasteiger charge is -2.26. The molecule has 0 unspecified atom stereocenters.